The second-order valence-electron chi connectivity index (χ2n) is 7.92. The highest BCUT2D eigenvalue weighted by atomic mass is 32.2. The van der Waals surface area contributed by atoms with Gasteiger partial charge in [-0.3, -0.25) is 4.79 Å². The summed E-state index contributed by atoms with van der Waals surface area (Å²) in [5.41, 5.74) is 3.33. The Balaban J connectivity index is 1.67. The van der Waals surface area contributed by atoms with Gasteiger partial charge in [0.15, 0.2) is 0 Å². The van der Waals surface area contributed by atoms with Crippen LogP contribution in [-0.2, 0) is 28.9 Å². The summed E-state index contributed by atoms with van der Waals surface area (Å²) in [6.45, 7) is 5.32. The molecule has 2 aromatic rings. The standard InChI is InChI=1S/C22H31N3O4S2/c1-14-19(20(22(27)28-6)15(2)24(14)5)21-25(18(26)13-31-21)9-10-30-12-17-8-7-16(29-17)11-23(3)4/h7-8,21H,9-13H2,1-6H3. The van der Waals surface area contributed by atoms with Gasteiger partial charge in [0.1, 0.15) is 16.9 Å². The zero-order chi connectivity index (χ0) is 22.7. The summed E-state index contributed by atoms with van der Waals surface area (Å²) in [7, 11) is 7.37. The summed E-state index contributed by atoms with van der Waals surface area (Å²) in [6, 6.07) is 4.03. The van der Waals surface area contributed by atoms with Crippen LogP contribution in [0.5, 0.6) is 0 Å². The molecule has 1 saturated heterocycles. The molecule has 1 unspecified atom stereocenters. The second kappa shape index (κ2) is 10.2. The average Bonchev–Trinajstić information content (AvgIpc) is 3.38. The molecule has 1 aliphatic heterocycles. The molecule has 3 heterocycles. The first kappa shape index (κ1) is 23.8. The Labute approximate surface area is 192 Å². The number of thioether (sulfide) groups is 2. The first-order valence-electron chi connectivity index (χ1n) is 10.2. The third kappa shape index (κ3) is 5.15. The third-order valence-corrected chi connectivity index (χ3v) is 7.72. The van der Waals surface area contributed by atoms with Gasteiger partial charge in [0.05, 0.1) is 30.7 Å². The summed E-state index contributed by atoms with van der Waals surface area (Å²) in [6.07, 6.45) is 0. The number of furan rings is 1. The molecule has 0 aliphatic carbocycles. The van der Waals surface area contributed by atoms with Gasteiger partial charge in [0, 0.05) is 36.3 Å². The number of hydrogen-bond donors (Lipinski definition) is 0. The maximum absolute atomic E-state index is 12.6. The number of carbonyl (C=O) groups is 2. The molecule has 3 rings (SSSR count). The van der Waals surface area contributed by atoms with E-state index in [2.05, 4.69) is 4.90 Å². The first-order valence-corrected chi connectivity index (χ1v) is 12.4. The zero-order valence-electron chi connectivity index (χ0n) is 19.1. The molecule has 9 heteroatoms. The summed E-state index contributed by atoms with van der Waals surface area (Å²) in [4.78, 5) is 29.1. The number of ether oxygens (including phenoxy) is 1. The Kier molecular flexibility index (Phi) is 7.82. The molecule has 0 radical (unpaired) electrons. The molecule has 170 valence electrons. The van der Waals surface area contributed by atoms with Crippen LogP contribution in [0.3, 0.4) is 0 Å². The minimum Gasteiger partial charge on any atom is -0.465 e. The highest BCUT2D eigenvalue weighted by Gasteiger charge is 2.38. The van der Waals surface area contributed by atoms with E-state index < -0.39 is 0 Å². The van der Waals surface area contributed by atoms with E-state index in [4.69, 9.17) is 9.15 Å². The zero-order valence-corrected chi connectivity index (χ0v) is 20.7. The molecule has 1 amide bonds. The van der Waals surface area contributed by atoms with Crippen LogP contribution in [0.1, 0.15) is 44.2 Å². The lowest BCUT2D eigenvalue weighted by Gasteiger charge is -2.25. The molecule has 1 atom stereocenters. The van der Waals surface area contributed by atoms with Gasteiger partial charge in [0.2, 0.25) is 5.91 Å². The minimum atomic E-state index is -0.350. The Morgan fingerprint density at radius 2 is 2.00 bits per heavy atom. The summed E-state index contributed by atoms with van der Waals surface area (Å²) < 4.78 is 12.9. The van der Waals surface area contributed by atoms with E-state index >= 15 is 0 Å². The normalized spacial score (nSPS) is 16.5. The first-order chi connectivity index (χ1) is 14.7. The van der Waals surface area contributed by atoms with Crippen molar-refractivity contribution in [2.24, 2.45) is 7.05 Å². The molecule has 1 fully saturated rings. The fourth-order valence-electron chi connectivity index (χ4n) is 3.80. The monoisotopic (exact) mass is 465 g/mol. The summed E-state index contributed by atoms with van der Waals surface area (Å²) in [5, 5.41) is -0.169. The molecule has 0 saturated carbocycles. The number of esters is 1. The maximum atomic E-state index is 12.6. The van der Waals surface area contributed by atoms with Gasteiger partial charge in [-0.05, 0) is 40.1 Å². The van der Waals surface area contributed by atoms with Gasteiger partial charge in [-0.15, -0.1) is 11.8 Å². The Morgan fingerprint density at radius 1 is 1.29 bits per heavy atom. The minimum absolute atomic E-state index is 0.110. The van der Waals surface area contributed by atoms with Gasteiger partial charge >= 0.3 is 5.97 Å². The molecule has 0 bridgehead atoms. The third-order valence-electron chi connectivity index (χ3n) is 5.54. The lowest BCUT2D eigenvalue weighted by atomic mass is 10.1. The van der Waals surface area contributed by atoms with Gasteiger partial charge in [-0.1, -0.05) is 0 Å². The van der Waals surface area contributed by atoms with Crippen molar-refractivity contribution in [2.75, 3.05) is 39.3 Å². The van der Waals surface area contributed by atoms with E-state index in [0.29, 0.717) is 17.9 Å². The van der Waals surface area contributed by atoms with Crippen LogP contribution >= 0.6 is 23.5 Å². The van der Waals surface area contributed by atoms with Crippen molar-refractivity contribution in [2.45, 2.75) is 31.5 Å². The predicted molar refractivity (Wildman–Crippen MR) is 125 cm³/mol. The highest BCUT2D eigenvalue weighted by molar-refractivity contribution is 8.00. The number of methoxy groups -OCH3 is 1. The smallest absolute Gasteiger partial charge is 0.340 e. The molecular formula is C22H31N3O4S2. The number of rotatable bonds is 9. The SMILES string of the molecule is COC(=O)c1c(C2SCC(=O)N2CCSCc2ccc(CN(C)C)o2)c(C)n(C)c1C. The molecule has 0 aromatic carbocycles. The maximum Gasteiger partial charge on any atom is 0.340 e. The quantitative estimate of drug-likeness (QED) is 0.414. The van der Waals surface area contributed by atoms with Crippen LogP contribution < -0.4 is 0 Å². The van der Waals surface area contributed by atoms with E-state index in [-0.39, 0.29) is 17.3 Å². The lowest BCUT2D eigenvalue weighted by molar-refractivity contribution is -0.127. The van der Waals surface area contributed by atoms with Gasteiger partial charge in [-0.25, -0.2) is 4.79 Å². The molecule has 2 aromatic heterocycles. The largest absolute Gasteiger partial charge is 0.465 e. The van der Waals surface area contributed by atoms with Crippen molar-refractivity contribution in [3.05, 3.63) is 46.2 Å². The van der Waals surface area contributed by atoms with Gasteiger partial charge in [0.25, 0.3) is 0 Å². The van der Waals surface area contributed by atoms with E-state index in [0.717, 1.165) is 46.5 Å². The molecule has 0 spiro atoms. The topological polar surface area (TPSA) is 67.9 Å². The van der Waals surface area contributed by atoms with E-state index in [1.807, 2.05) is 56.6 Å². The number of aromatic nitrogens is 1. The Bertz CT molecular complexity index is 951. The summed E-state index contributed by atoms with van der Waals surface area (Å²) in [5.74, 6) is 3.65. The fourth-order valence-corrected chi connectivity index (χ4v) is 5.96. The van der Waals surface area contributed by atoms with Crippen LogP contribution in [0, 0.1) is 13.8 Å². The van der Waals surface area contributed by atoms with Crippen molar-refractivity contribution >= 4 is 35.4 Å². The Hall–Kier alpha value is -1.84. The van der Waals surface area contributed by atoms with Crippen molar-refractivity contribution in [1.82, 2.24) is 14.4 Å². The molecule has 7 nitrogen and oxygen atoms in total. The van der Waals surface area contributed by atoms with Crippen LogP contribution in [0.15, 0.2) is 16.5 Å². The van der Waals surface area contributed by atoms with Crippen molar-refractivity contribution in [3.63, 3.8) is 0 Å². The second-order valence-corrected chi connectivity index (χ2v) is 10.1. The average molecular weight is 466 g/mol. The number of carbonyl (C=O) groups excluding carboxylic acids is 2. The highest BCUT2D eigenvalue weighted by Crippen LogP contribution is 2.43. The fraction of sp³-hybridized carbons (Fsp3) is 0.545. The van der Waals surface area contributed by atoms with Crippen LogP contribution in [0.25, 0.3) is 0 Å². The van der Waals surface area contributed by atoms with Gasteiger partial charge < -0.3 is 23.5 Å². The lowest BCUT2D eigenvalue weighted by Crippen LogP contribution is -2.31. The molecular weight excluding hydrogens is 434 g/mol. The molecule has 1 aliphatic rings. The van der Waals surface area contributed by atoms with E-state index in [9.17, 15) is 9.59 Å². The van der Waals surface area contributed by atoms with E-state index in [1.54, 1.807) is 23.5 Å². The predicted octanol–water partition coefficient (Wildman–Crippen LogP) is 3.59. The summed E-state index contributed by atoms with van der Waals surface area (Å²) >= 11 is 3.32. The Morgan fingerprint density at radius 3 is 2.68 bits per heavy atom. The van der Waals surface area contributed by atoms with Crippen molar-refractivity contribution < 1.29 is 18.7 Å². The number of amides is 1. The van der Waals surface area contributed by atoms with Crippen molar-refractivity contribution in [3.8, 4) is 0 Å². The van der Waals surface area contributed by atoms with Crippen LogP contribution in [0.2, 0.25) is 0 Å². The van der Waals surface area contributed by atoms with Crippen LogP contribution in [-0.4, -0.2) is 65.5 Å². The van der Waals surface area contributed by atoms with Crippen molar-refractivity contribution in [1.29, 1.82) is 0 Å². The van der Waals surface area contributed by atoms with Crippen LogP contribution in [0.4, 0.5) is 0 Å². The molecule has 0 N–H and O–H groups in total. The molecule has 31 heavy (non-hydrogen) atoms. The van der Waals surface area contributed by atoms with Gasteiger partial charge in [-0.2, -0.15) is 11.8 Å². The number of nitrogens with zero attached hydrogens (tertiary/aromatic N) is 3. The number of hydrogen-bond acceptors (Lipinski definition) is 7. The van der Waals surface area contributed by atoms with E-state index in [1.165, 1.54) is 7.11 Å².